The number of carbonyl (C=O) groups is 4. The van der Waals surface area contributed by atoms with Gasteiger partial charge in [0.15, 0.2) is 0 Å². The minimum atomic E-state index is -1.37. The highest BCUT2D eigenvalue weighted by atomic mass is 16.7. The van der Waals surface area contributed by atoms with Crippen molar-refractivity contribution in [3.63, 3.8) is 0 Å². The molecule has 0 spiro atoms. The number of Topliss-reactive ketones (excluding diaryl/α,β-unsaturated/α-hetero) is 1. The summed E-state index contributed by atoms with van der Waals surface area (Å²) in [7, 11) is 0. The Bertz CT molecular complexity index is 547. The van der Waals surface area contributed by atoms with Crippen molar-refractivity contribution in [1.82, 2.24) is 5.32 Å². The molecule has 1 unspecified atom stereocenters. The number of hydrogen-bond donors (Lipinski definition) is 3. The topological polar surface area (TPSA) is 157 Å². The van der Waals surface area contributed by atoms with Crippen LogP contribution in [0, 0.1) is 10.9 Å². The van der Waals surface area contributed by atoms with Crippen molar-refractivity contribution in [3.8, 4) is 0 Å². The number of nitrogens with one attached hydrogen (secondary N) is 2. The van der Waals surface area contributed by atoms with E-state index in [4.69, 9.17) is 20.1 Å². The van der Waals surface area contributed by atoms with E-state index in [9.17, 15) is 19.2 Å². The fourth-order valence-corrected chi connectivity index (χ4v) is 1.36. The van der Waals surface area contributed by atoms with Crippen LogP contribution >= 0.6 is 0 Å². The molecule has 0 saturated carbocycles. The van der Waals surface area contributed by atoms with Crippen molar-refractivity contribution in [2.45, 2.75) is 52.9 Å². The zero-order chi connectivity index (χ0) is 18.9. The van der Waals surface area contributed by atoms with E-state index in [0.717, 1.165) is 6.21 Å². The second-order valence-electron chi connectivity index (χ2n) is 5.93. The number of ketones is 1. The number of alkyl carbamates (subject to hydrolysis) is 1. The number of esters is 1. The van der Waals surface area contributed by atoms with Crippen LogP contribution in [0.25, 0.3) is 0 Å². The first-order chi connectivity index (χ1) is 11.0. The minimum absolute atomic E-state index is 0.203. The Morgan fingerprint density at radius 2 is 1.83 bits per heavy atom. The van der Waals surface area contributed by atoms with Gasteiger partial charge >= 0.3 is 24.2 Å². The van der Waals surface area contributed by atoms with Gasteiger partial charge in [0.1, 0.15) is 6.04 Å². The molecule has 0 fully saturated rings. The molecule has 0 aliphatic heterocycles. The Morgan fingerprint density at radius 3 is 2.29 bits per heavy atom. The zero-order valence-corrected chi connectivity index (χ0v) is 14.0. The average Bonchev–Trinajstić information content (AvgIpc) is 2.41. The molecule has 0 aromatic rings. The molecule has 2 atom stereocenters. The standard InChI is InChI=1S/C14H21N3O7/c1-8(23-12(21)14(2,3)4)24-13(22)17-10(11(19)20)6-5-9(18)7-16-15/h7-8,10,15H,5-6H2,1-4H3,(H-,17,19,20,22)/p+1/t8?,10-/m0/s1. The quantitative estimate of drug-likeness (QED) is 0.193. The van der Waals surface area contributed by atoms with Crippen molar-refractivity contribution >= 4 is 30.0 Å². The fourth-order valence-electron chi connectivity index (χ4n) is 1.36. The molecule has 0 saturated heterocycles. The van der Waals surface area contributed by atoms with Crippen LogP contribution in [0.1, 0.15) is 40.5 Å². The molecule has 0 rings (SSSR count). The molecule has 0 heterocycles. The van der Waals surface area contributed by atoms with E-state index < -0.39 is 41.6 Å². The lowest BCUT2D eigenvalue weighted by Gasteiger charge is -2.21. The summed E-state index contributed by atoms with van der Waals surface area (Å²) in [5.74, 6) is -2.49. The molecule has 24 heavy (non-hydrogen) atoms. The van der Waals surface area contributed by atoms with Gasteiger partial charge in [-0.15, -0.1) is 0 Å². The summed E-state index contributed by atoms with van der Waals surface area (Å²) in [5, 5.41) is 11.1. The summed E-state index contributed by atoms with van der Waals surface area (Å²) in [5.41, 5.74) is 5.71. The third kappa shape index (κ3) is 8.64. The number of nitrogens with zero attached hydrogens (tertiary/aromatic N) is 1. The Balaban J connectivity index is 4.52. The normalized spacial score (nSPS) is 13.0. The lowest BCUT2D eigenvalue weighted by atomic mass is 9.97. The van der Waals surface area contributed by atoms with Gasteiger partial charge in [0, 0.05) is 13.3 Å². The van der Waals surface area contributed by atoms with Crippen molar-refractivity contribution in [3.05, 3.63) is 0 Å². The largest absolute Gasteiger partial charge is 0.480 e. The molecule has 1 amide bonds. The first-order valence-corrected chi connectivity index (χ1v) is 7.11. The van der Waals surface area contributed by atoms with Gasteiger partial charge in [0.25, 0.3) is 0 Å². The van der Waals surface area contributed by atoms with E-state index in [1.54, 1.807) is 20.8 Å². The van der Waals surface area contributed by atoms with Crippen molar-refractivity contribution in [1.29, 1.82) is 5.53 Å². The number of carboxylic acids is 1. The van der Waals surface area contributed by atoms with Crippen LogP contribution in [0.4, 0.5) is 4.79 Å². The Hall–Kier alpha value is -2.74. The maximum absolute atomic E-state index is 11.6. The number of rotatable bonds is 8. The SMILES string of the molecule is CC(OC(=O)N[C@@H](CCC(=O)C=[N+]=N)C(=O)O)OC(=O)C(C)(C)C. The number of hydrogen-bond acceptors (Lipinski definition) is 7. The third-order valence-corrected chi connectivity index (χ3v) is 2.64. The molecule has 3 N–H and O–H groups in total. The molecule has 0 aliphatic rings. The van der Waals surface area contributed by atoms with Gasteiger partial charge in [-0.1, -0.05) is 0 Å². The molecule has 10 nitrogen and oxygen atoms in total. The van der Waals surface area contributed by atoms with E-state index in [1.165, 1.54) is 6.92 Å². The van der Waals surface area contributed by atoms with Crippen LogP contribution in [0.15, 0.2) is 0 Å². The summed E-state index contributed by atoms with van der Waals surface area (Å²) in [6.07, 6.45) is -1.98. The summed E-state index contributed by atoms with van der Waals surface area (Å²) >= 11 is 0. The summed E-state index contributed by atoms with van der Waals surface area (Å²) in [6.45, 7) is 6.19. The molecular weight excluding hydrogens is 322 g/mol. The molecule has 0 bridgehead atoms. The van der Waals surface area contributed by atoms with Gasteiger partial charge in [0.05, 0.1) is 15.7 Å². The van der Waals surface area contributed by atoms with Gasteiger partial charge in [-0.3, -0.25) is 9.59 Å². The number of carbonyl (C=O) groups excluding carboxylic acids is 3. The van der Waals surface area contributed by atoms with Crippen LogP contribution in [0.2, 0.25) is 0 Å². The maximum Gasteiger partial charge on any atom is 0.410 e. The van der Waals surface area contributed by atoms with Gasteiger partial charge in [0.2, 0.25) is 12.1 Å². The highest BCUT2D eigenvalue weighted by molar-refractivity contribution is 6.25. The molecule has 10 heteroatoms. The summed E-state index contributed by atoms with van der Waals surface area (Å²) in [4.78, 5) is 48.3. The van der Waals surface area contributed by atoms with Crippen LogP contribution in [0.5, 0.6) is 0 Å². The predicted octanol–water partition coefficient (Wildman–Crippen LogP) is 0.760. The van der Waals surface area contributed by atoms with Crippen molar-refractivity contribution in [2.75, 3.05) is 0 Å². The lowest BCUT2D eigenvalue weighted by molar-refractivity contribution is -0.174. The van der Waals surface area contributed by atoms with E-state index in [1.807, 2.05) is 0 Å². The molecular formula is C14H22N3O7+. The lowest BCUT2D eigenvalue weighted by Crippen LogP contribution is -2.43. The number of aliphatic carboxylic acids is 1. The number of amides is 1. The molecule has 0 aromatic carbocycles. The molecule has 0 radical (unpaired) electrons. The van der Waals surface area contributed by atoms with Crippen LogP contribution < -0.4 is 5.32 Å². The van der Waals surface area contributed by atoms with E-state index in [2.05, 4.69) is 10.1 Å². The third-order valence-electron chi connectivity index (χ3n) is 2.64. The van der Waals surface area contributed by atoms with E-state index in [-0.39, 0.29) is 12.8 Å². The maximum atomic E-state index is 11.6. The van der Waals surface area contributed by atoms with Gasteiger partial charge in [-0.05, 0) is 27.2 Å². The summed E-state index contributed by atoms with van der Waals surface area (Å²) in [6, 6.07) is -1.37. The van der Waals surface area contributed by atoms with E-state index >= 15 is 0 Å². The zero-order valence-electron chi connectivity index (χ0n) is 14.0. The summed E-state index contributed by atoms with van der Waals surface area (Å²) < 4.78 is 9.65. The molecule has 0 aliphatic carbocycles. The van der Waals surface area contributed by atoms with Gasteiger partial charge in [-0.2, -0.15) is 0 Å². The first-order valence-electron chi connectivity index (χ1n) is 7.11. The minimum Gasteiger partial charge on any atom is -0.480 e. The number of ether oxygens (including phenoxy) is 2. The molecule has 134 valence electrons. The van der Waals surface area contributed by atoms with Crippen LogP contribution in [0.3, 0.4) is 0 Å². The smallest absolute Gasteiger partial charge is 0.410 e. The van der Waals surface area contributed by atoms with Crippen LogP contribution in [-0.2, 0) is 23.9 Å². The van der Waals surface area contributed by atoms with Gasteiger partial charge in [-0.25, -0.2) is 9.59 Å². The Morgan fingerprint density at radius 1 is 1.25 bits per heavy atom. The highest BCUT2D eigenvalue weighted by Gasteiger charge is 2.27. The second-order valence-corrected chi connectivity index (χ2v) is 5.93. The van der Waals surface area contributed by atoms with Crippen LogP contribution in [-0.4, -0.2) is 52.3 Å². The first kappa shape index (κ1) is 21.3. The Labute approximate surface area is 138 Å². The van der Waals surface area contributed by atoms with E-state index in [0.29, 0.717) is 0 Å². The fraction of sp³-hybridized carbons (Fsp3) is 0.643. The van der Waals surface area contributed by atoms with Crippen molar-refractivity contribution in [2.24, 2.45) is 5.41 Å². The molecule has 0 aromatic heterocycles. The highest BCUT2D eigenvalue weighted by Crippen LogP contribution is 2.16. The predicted molar refractivity (Wildman–Crippen MR) is 79.3 cm³/mol. The van der Waals surface area contributed by atoms with Crippen molar-refractivity contribution < 1.29 is 38.5 Å². The van der Waals surface area contributed by atoms with Gasteiger partial charge < -0.3 is 19.9 Å². The average molecular weight is 344 g/mol. The second kappa shape index (κ2) is 9.41. The monoisotopic (exact) mass is 344 g/mol. The number of carboxylic acid groups (broad SMARTS) is 1. The Kier molecular flexibility index (Phi) is 8.34.